The van der Waals surface area contributed by atoms with Gasteiger partial charge in [0.15, 0.2) is 0 Å². The van der Waals surface area contributed by atoms with E-state index >= 15 is 0 Å². The van der Waals surface area contributed by atoms with Gasteiger partial charge in [-0.3, -0.25) is 0 Å². The summed E-state index contributed by atoms with van der Waals surface area (Å²) >= 11 is 0. The van der Waals surface area contributed by atoms with Gasteiger partial charge < -0.3 is 4.74 Å². The molecule has 76 valence electrons. The third kappa shape index (κ3) is 1.83. The van der Waals surface area contributed by atoms with Crippen molar-refractivity contribution < 1.29 is 4.74 Å². The van der Waals surface area contributed by atoms with Gasteiger partial charge in [-0.1, -0.05) is 37.3 Å². The molecule has 0 saturated carbocycles. The van der Waals surface area contributed by atoms with E-state index in [1.165, 1.54) is 18.4 Å². The second-order valence-corrected chi connectivity index (χ2v) is 4.59. The summed E-state index contributed by atoms with van der Waals surface area (Å²) in [6.45, 7) is 5.32. The first kappa shape index (κ1) is 9.72. The summed E-state index contributed by atoms with van der Waals surface area (Å²) in [7, 11) is 0. The van der Waals surface area contributed by atoms with Gasteiger partial charge in [0, 0.05) is 5.41 Å². The van der Waals surface area contributed by atoms with Gasteiger partial charge in [-0.2, -0.15) is 0 Å². The van der Waals surface area contributed by atoms with Crippen LogP contribution in [0.2, 0.25) is 0 Å². The fourth-order valence-electron chi connectivity index (χ4n) is 2.07. The molecule has 0 N–H and O–H groups in total. The zero-order chi connectivity index (χ0) is 10.0. The summed E-state index contributed by atoms with van der Waals surface area (Å²) in [5.41, 5.74) is 1.64. The lowest BCUT2D eigenvalue weighted by Gasteiger charge is -2.36. The predicted molar refractivity (Wildman–Crippen MR) is 58.4 cm³/mol. The van der Waals surface area contributed by atoms with Crippen molar-refractivity contribution in [2.45, 2.75) is 38.2 Å². The normalized spacial score (nSPS) is 32.9. The lowest BCUT2D eigenvalue weighted by atomic mass is 9.77. The van der Waals surface area contributed by atoms with Gasteiger partial charge >= 0.3 is 0 Å². The van der Waals surface area contributed by atoms with Crippen LogP contribution < -0.4 is 0 Å². The minimum Gasteiger partial charge on any atom is -0.378 e. The summed E-state index contributed by atoms with van der Waals surface area (Å²) in [5.74, 6) is 0. The molecule has 0 radical (unpaired) electrons. The molecule has 0 aromatic heterocycles. The van der Waals surface area contributed by atoms with Crippen LogP contribution >= 0.6 is 0 Å². The van der Waals surface area contributed by atoms with Crippen molar-refractivity contribution in [3.63, 3.8) is 0 Å². The molecule has 1 aliphatic heterocycles. The van der Waals surface area contributed by atoms with Crippen molar-refractivity contribution in [1.29, 1.82) is 0 Å². The zero-order valence-electron chi connectivity index (χ0n) is 8.99. The van der Waals surface area contributed by atoms with Crippen LogP contribution in [0.4, 0.5) is 0 Å². The summed E-state index contributed by atoms with van der Waals surface area (Å²) in [6.07, 6.45) is 2.84. The standard InChI is InChI=1S/C13H18O/c1-11-8-9-13(2,10-14-11)12-6-4-3-5-7-12/h3-7,11H,8-10H2,1-2H3. The number of ether oxygens (including phenoxy) is 1. The maximum atomic E-state index is 5.75. The maximum absolute atomic E-state index is 5.75. The highest BCUT2D eigenvalue weighted by molar-refractivity contribution is 5.25. The van der Waals surface area contributed by atoms with E-state index in [1.54, 1.807) is 0 Å². The first-order chi connectivity index (χ1) is 6.71. The quantitative estimate of drug-likeness (QED) is 0.661. The van der Waals surface area contributed by atoms with Crippen LogP contribution in [0.25, 0.3) is 0 Å². The minimum absolute atomic E-state index is 0.230. The summed E-state index contributed by atoms with van der Waals surface area (Å²) in [6, 6.07) is 10.7. The number of benzene rings is 1. The summed E-state index contributed by atoms with van der Waals surface area (Å²) in [4.78, 5) is 0. The molecule has 0 spiro atoms. The van der Waals surface area contributed by atoms with E-state index in [0.29, 0.717) is 6.10 Å². The van der Waals surface area contributed by atoms with Gasteiger partial charge in [0.2, 0.25) is 0 Å². The molecule has 2 unspecified atom stereocenters. The Morgan fingerprint density at radius 1 is 1.29 bits per heavy atom. The highest BCUT2D eigenvalue weighted by Crippen LogP contribution is 2.34. The SMILES string of the molecule is CC1CCC(C)(c2ccccc2)CO1. The molecule has 2 atom stereocenters. The van der Waals surface area contributed by atoms with E-state index in [4.69, 9.17) is 4.74 Å². The Labute approximate surface area is 86.1 Å². The highest BCUT2D eigenvalue weighted by Gasteiger charge is 2.31. The molecule has 1 aliphatic rings. The number of hydrogen-bond donors (Lipinski definition) is 0. The average molecular weight is 190 g/mol. The summed E-state index contributed by atoms with van der Waals surface area (Å²) < 4.78 is 5.75. The molecule has 0 aliphatic carbocycles. The van der Waals surface area contributed by atoms with Crippen LogP contribution in [0.5, 0.6) is 0 Å². The second-order valence-electron chi connectivity index (χ2n) is 4.59. The topological polar surface area (TPSA) is 9.23 Å². The fraction of sp³-hybridized carbons (Fsp3) is 0.538. The molecule has 0 amide bonds. The molecule has 2 rings (SSSR count). The Balaban J connectivity index is 2.17. The van der Waals surface area contributed by atoms with Crippen LogP contribution in [-0.2, 0) is 10.2 Å². The summed E-state index contributed by atoms with van der Waals surface area (Å²) in [5, 5.41) is 0. The van der Waals surface area contributed by atoms with E-state index in [2.05, 4.69) is 44.2 Å². The van der Waals surface area contributed by atoms with Crippen LogP contribution in [0.3, 0.4) is 0 Å². The lowest BCUT2D eigenvalue weighted by molar-refractivity contribution is -0.0151. The Morgan fingerprint density at radius 3 is 2.57 bits per heavy atom. The highest BCUT2D eigenvalue weighted by atomic mass is 16.5. The minimum atomic E-state index is 0.230. The van der Waals surface area contributed by atoms with Gasteiger partial charge in [0.25, 0.3) is 0 Å². The molecule has 1 aromatic rings. The Morgan fingerprint density at radius 2 is 2.00 bits per heavy atom. The third-order valence-corrected chi connectivity index (χ3v) is 3.26. The van der Waals surface area contributed by atoms with E-state index in [-0.39, 0.29) is 5.41 Å². The molecular weight excluding hydrogens is 172 g/mol. The predicted octanol–water partition coefficient (Wildman–Crippen LogP) is 3.14. The molecule has 14 heavy (non-hydrogen) atoms. The maximum Gasteiger partial charge on any atom is 0.0563 e. The van der Waals surface area contributed by atoms with Crippen molar-refractivity contribution in [3.8, 4) is 0 Å². The van der Waals surface area contributed by atoms with Gasteiger partial charge in [-0.15, -0.1) is 0 Å². The number of hydrogen-bond acceptors (Lipinski definition) is 1. The van der Waals surface area contributed by atoms with E-state index in [1.807, 2.05) is 0 Å². The van der Waals surface area contributed by atoms with E-state index in [0.717, 1.165) is 6.61 Å². The monoisotopic (exact) mass is 190 g/mol. The second kappa shape index (κ2) is 3.74. The van der Waals surface area contributed by atoms with Gasteiger partial charge in [0.05, 0.1) is 12.7 Å². The van der Waals surface area contributed by atoms with Crippen molar-refractivity contribution in [1.82, 2.24) is 0 Å². The fourth-order valence-corrected chi connectivity index (χ4v) is 2.07. The Bertz CT molecular complexity index is 283. The number of rotatable bonds is 1. The van der Waals surface area contributed by atoms with Crippen molar-refractivity contribution in [2.24, 2.45) is 0 Å². The van der Waals surface area contributed by atoms with Crippen LogP contribution in [-0.4, -0.2) is 12.7 Å². The van der Waals surface area contributed by atoms with Crippen LogP contribution in [0, 0.1) is 0 Å². The van der Waals surface area contributed by atoms with Crippen LogP contribution in [0.15, 0.2) is 30.3 Å². The largest absolute Gasteiger partial charge is 0.378 e. The van der Waals surface area contributed by atoms with Crippen LogP contribution in [0.1, 0.15) is 32.3 Å². The van der Waals surface area contributed by atoms with Gasteiger partial charge in [0.1, 0.15) is 0 Å². The van der Waals surface area contributed by atoms with Gasteiger partial charge in [-0.05, 0) is 25.3 Å². The van der Waals surface area contributed by atoms with Gasteiger partial charge in [-0.25, -0.2) is 0 Å². The molecule has 1 fully saturated rings. The van der Waals surface area contributed by atoms with Crippen molar-refractivity contribution in [2.75, 3.05) is 6.61 Å². The van der Waals surface area contributed by atoms with E-state index in [9.17, 15) is 0 Å². The molecular formula is C13H18O. The Kier molecular flexibility index (Phi) is 2.60. The average Bonchev–Trinajstić information content (AvgIpc) is 2.24. The smallest absolute Gasteiger partial charge is 0.0563 e. The van der Waals surface area contributed by atoms with E-state index < -0.39 is 0 Å². The first-order valence-electron chi connectivity index (χ1n) is 5.38. The zero-order valence-corrected chi connectivity index (χ0v) is 8.99. The first-order valence-corrected chi connectivity index (χ1v) is 5.38. The third-order valence-electron chi connectivity index (χ3n) is 3.26. The van der Waals surface area contributed by atoms with Crippen molar-refractivity contribution in [3.05, 3.63) is 35.9 Å². The molecule has 1 saturated heterocycles. The van der Waals surface area contributed by atoms with Crippen molar-refractivity contribution >= 4 is 0 Å². The molecule has 1 nitrogen and oxygen atoms in total. The molecule has 1 heteroatoms. The molecule has 1 heterocycles. The Hall–Kier alpha value is -0.820. The lowest BCUT2D eigenvalue weighted by Crippen LogP contribution is -2.36. The molecule has 1 aromatic carbocycles. The molecule has 0 bridgehead atoms.